The van der Waals surface area contributed by atoms with Crippen LogP contribution in [0, 0.1) is 12.7 Å². The van der Waals surface area contributed by atoms with E-state index in [1.807, 2.05) is 19.9 Å². The molecule has 0 spiro atoms. The normalized spacial score (nSPS) is 12.0. The predicted octanol–water partition coefficient (Wildman–Crippen LogP) is 2.97. The van der Waals surface area contributed by atoms with Crippen molar-refractivity contribution in [3.05, 3.63) is 35.1 Å². The summed E-state index contributed by atoms with van der Waals surface area (Å²) in [5.41, 5.74) is 7.57. The number of nitrogens with two attached hydrogens (primary N) is 1. The van der Waals surface area contributed by atoms with Crippen LogP contribution in [0.3, 0.4) is 0 Å². The molecule has 0 aromatic heterocycles. The highest BCUT2D eigenvalue weighted by atomic mass is 35.5. The Kier molecular flexibility index (Phi) is 4.96. The third-order valence-electron chi connectivity index (χ3n) is 1.93. The van der Waals surface area contributed by atoms with Crippen molar-refractivity contribution in [2.75, 3.05) is 0 Å². The Morgan fingerprint density at radius 1 is 1.38 bits per heavy atom. The first-order valence-corrected chi connectivity index (χ1v) is 4.16. The molecule has 1 nitrogen and oxygen atoms in total. The van der Waals surface area contributed by atoms with Crippen LogP contribution in [0.15, 0.2) is 18.2 Å². The van der Waals surface area contributed by atoms with Crippen LogP contribution in [0.2, 0.25) is 0 Å². The fraction of sp³-hybridized carbons (Fsp3) is 0.400. The van der Waals surface area contributed by atoms with Crippen LogP contribution in [-0.2, 0) is 0 Å². The quantitative estimate of drug-likeness (QED) is 0.786. The number of halogens is 2. The highest BCUT2D eigenvalue weighted by Crippen LogP contribution is 2.16. The minimum atomic E-state index is -0.200. The van der Waals surface area contributed by atoms with Crippen LogP contribution in [-0.4, -0.2) is 0 Å². The van der Waals surface area contributed by atoms with Gasteiger partial charge in [-0.05, 0) is 36.6 Å². The molecule has 0 aliphatic heterocycles. The largest absolute Gasteiger partial charge is 0.324 e. The Balaban J connectivity index is 0.00000144. The van der Waals surface area contributed by atoms with E-state index >= 15 is 0 Å². The molecule has 0 saturated heterocycles. The third-order valence-corrected chi connectivity index (χ3v) is 1.93. The molecule has 74 valence electrons. The molecular weight excluding hydrogens is 189 g/mol. The molecule has 0 saturated carbocycles. The second kappa shape index (κ2) is 5.20. The van der Waals surface area contributed by atoms with E-state index in [4.69, 9.17) is 5.73 Å². The monoisotopic (exact) mass is 203 g/mol. The maximum Gasteiger partial charge on any atom is 0.123 e. The SMILES string of the molecule is CCC(N)c1cc(C)cc(F)c1.Cl. The van der Waals surface area contributed by atoms with Crippen molar-refractivity contribution in [3.8, 4) is 0 Å². The highest BCUT2D eigenvalue weighted by Gasteiger charge is 2.04. The zero-order valence-electron chi connectivity index (χ0n) is 7.88. The van der Waals surface area contributed by atoms with Crippen LogP contribution in [0.25, 0.3) is 0 Å². The van der Waals surface area contributed by atoms with E-state index in [0.717, 1.165) is 17.5 Å². The van der Waals surface area contributed by atoms with Crippen molar-refractivity contribution < 1.29 is 4.39 Å². The molecular formula is C10H15ClFN. The Bertz CT molecular complexity index is 255. The van der Waals surface area contributed by atoms with Crippen LogP contribution in [0.5, 0.6) is 0 Å². The summed E-state index contributed by atoms with van der Waals surface area (Å²) in [6.07, 6.45) is 0.836. The smallest absolute Gasteiger partial charge is 0.123 e. The maximum atomic E-state index is 12.9. The summed E-state index contributed by atoms with van der Waals surface area (Å²) < 4.78 is 12.9. The Labute approximate surface area is 84.5 Å². The van der Waals surface area contributed by atoms with Crippen molar-refractivity contribution in [3.63, 3.8) is 0 Å². The minimum Gasteiger partial charge on any atom is -0.324 e. The highest BCUT2D eigenvalue weighted by molar-refractivity contribution is 5.85. The molecule has 0 amide bonds. The van der Waals surface area contributed by atoms with Gasteiger partial charge in [-0.2, -0.15) is 0 Å². The second-order valence-corrected chi connectivity index (χ2v) is 3.08. The Morgan fingerprint density at radius 2 is 2.00 bits per heavy atom. The van der Waals surface area contributed by atoms with Gasteiger partial charge in [-0.25, -0.2) is 4.39 Å². The molecule has 3 heteroatoms. The van der Waals surface area contributed by atoms with Crippen molar-refractivity contribution in [2.24, 2.45) is 5.73 Å². The third kappa shape index (κ3) is 3.33. The lowest BCUT2D eigenvalue weighted by atomic mass is 10.0. The van der Waals surface area contributed by atoms with Crippen LogP contribution in [0.1, 0.15) is 30.5 Å². The average molecular weight is 204 g/mol. The molecule has 1 rings (SSSR count). The van der Waals surface area contributed by atoms with Gasteiger partial charge in [-0.15, -0.1) is 12.4 Å². The molecule has 0 fully saturated rings. The molecule has 1 unspecified atom stereocenters. The van der Waals surface area contributed by atoms with Crippen LogP contribution in [0.4, 0.5) is 4.39 Å². The lowest BCUT2D eigenvalue weighted by molar-refractivity contribution is 0.615. The van der Waals surface area contributed by atoms with Crippen LogP contribution < -0.4 is 5.73 Å². The van der Waals surface area contributed by atoms with Gasteiger partial charge in [-0.1, -0.05) is 13.0 Å². The number of benzene rings is 1. The van der Waals surface area contributed by atoms with Gasteiger partial charge in [-0.3, -0.25) is 0 Å². The maximum absolute atomic E-state index is 12.9. The predicted molar refractivity (Wildman–Crippen MR) is 55.6 cm³/mol. The summed E-state index contributed by atoms with van der Waals surface area (Å²) in [7, 11) is 0. The van der Waals surface area contributed by atoms with Crippen molar-refractivity contribution in [1.82, 2.24) is 0 Å². The summed E-state index contributed by atoms with van der Waals surface area (Å²) in [4.78, 5) is 0. The number of hydrogen-bond donors (Lipinski definition) is 1. The molecule has 13 heavy (non-hydrogen) atoms. The van der Waals surface area contributed by atoms with Gasteiger partial charge in [0.15, 0.2) is 0 Å². The first-order chi connectivity index (χ1) is 5.63. The topological polar surface area (TPSA) is 26.0 Å². The summed E-state index contributed by atoms with van der Waals surface area (Å²) in [6.45, 7) is 3.86. The molecule has 1 aromatic carbocycles. The number of rotatable bonds is 2. The van der Waals surface area contributed by atoms with Gasteiger partial charge in [0, 0.05) is 6.04 Å². The molecule has 0 radical (unpaired) electrons. The number of hydrogen-bond acceptors (Lipinski definition) is 1. The molecule has 0 heterocycles. The molecule has 0 aliphatic rings. The minimum absolute atomic E-state index is 0. The second-order valence-electron chi connectivity index (χ2n) is 3.08. The average Bonchev–Trinajstić information content (AvgIpc) is 2.01. The standard InChI is InChI=1S/C10H14FN.ClH/c1-3-10(12)8-4-7(2)5-9(11)6-8;/h4-6,10H,3,12H2,1-2H3;1H. The summed E-state index contributed by atoms with van der Waals surface area (Å²) in [6, 6.07) is 4.89. The Morgan fingerprint density at radius 3 is 2.46 bits per heavy atom. The first-order valence-electron chi connectivity index (χ1n) is 4.16. The fourth-order valence-corrected chi connectivity index (χ4v) is 1.21. The summed E-state index contributed by atoms with van der Waals surface area (Å²) in [5.74, 6) is -0.200. The van der Waals surface area contributed by atoms with Crippen LogP contribution >= 0.6 is 12.4 Å². The van der Waals surface area contributed by atoms with Gasteiger partial charge in [0.1, 0.15) is 5.82 Å². The van der Waals surface area contributed by atoms with E-state index in [1.54, 1.807) is 0 Å². The van der Waals surface area contributed by atoms with Gasteiger partial charge < -0.3 is 5.73 Å². The van der Waals surface area contributed by atoms with E-state index in [2.05, 4.69) is 0 Å². The molecule has 0 bridgehead atoms. The summed E-state index contributed by atoms with van der Waals surface area (Å²) in [5, 5.41) is 0. The van der Waals surface area contributed by atoms with E-state index in [-0.39, 0.29) is 24.3 Å². The Hall–Kier alpha value is -0.600. The van der Waals surface area contributed by atoms with Gasteiger partial charge in [0.25, 0.3) is 0 Å². The van der Waals surface area contributed by atoms with Crippen molar-refractivity contribution in [2.45, 2.75) is 26.3 Å². The molecule has 1 atom stereocenters. The van der Waals surface area contributed by atoms with Gasteiger partial charge in [0.2, 0.25) is 0 Å². The lowest BCUT2D eigenvalue weighted by Crippen LogP contribution is -2.08. The first kappa shape index (κ1) is 12.4. The van der Waals surface area contributed by atoms with Crippen molar-refractivity contribution in [1.29, 1.82) is 0 Å². The van der Waals surface area contributed by atoms with Crippen molar-refractivity contribution >= 4 is 12.4 Å². The summed E-state index contributed by atoms with van der Waals surface area (Å²) >= 11 is 0. The number of aryl methyl sites for hydroxylation is 1. The van der Waals surface area contributed by atoms with E-state index < -0.39 is 0 Å². The fourth-order valence-electron chi connectivity index (χ4n) is 1.21. The zero-order chi connectivity index (χ0) is 9.14. The zero-order valence-corrected chi connectivity index (χ0v) is 8.70. The van der Waals surface area contributed by atoms with Gasteiger partial charge >= 0.3 is 0 Å². The van der Waals surface area contributed by atoms with E-state index in [0.29, 0.717) is 0 Å². The van der Waals surface area contributed by atoms with Gasteiger partial charge in [0.05, 0.1) is 0 Å². The molecule has 1 aromatic rings. The molecule has 0 aliphatic carbocycles. The van der Waals surface area contributed by atoms with E-state index in [1.165, 1.54) is 12.1 Å². The van der Waals surface area contributed by atoms with E-state index in [9.17, 15) is 4.39 Å². The lowest BCUT2D eigenvalue weighted by Gasteiger charge is -2.09. The molecule has 2 N–H and O–H groups in total.